The molecule has 0 aromatic heterocycles. The van der Waals surface area contributed by atoms with Crippen LogP contribution >= 0.6 is 0 Å². The van der Waals surface area contributed by atoms with Gasteiger partial charge in [-0.15, -0.1) is 5.73 Å². The van der Waals surface area contributed by atoms with E-state index >= 15 is 0 Å². The van der Waals surface area contributed by atoms with E-state index in [1.54, 1.807) is 19.1 Å². The van der Waals surface area contributed by atoms with E-state index in [1.807, 2.05) is 6.08 Å². The van der Waals surface area contributed by atoms with Crippen LogP contribution in [0.4, 0.5) is 0 Å². The van der Waals surface area contributed by atoms with E-state index in [9.17, 15) is 5.11 Å². The van der Waals surface area contributed by atoms with E-state index in [-0.39, 0.29) is 46.3 Å². The van der Waals surface area contributed by atoms with Gasteiger partial charge in [0.05, 0.1) is 5.95 Å². The van der Waals surface area contributed by atoms with Crippen LogP contribution in [0.3, 0.4) is 0 Å². The smallest absolute Gasteiger partial charge is 0.614 e. The van der Waals surface area contributed by atoms with Gasteiger partial charge >= 0.3 is 29.6 Å². The topological polar surface area (TPSA) is 32.3 Å². The molecule has 0 N–H and O–H groups in total. The molecule has 0 amide bonds. The number of allylic oxidation sites excluding steroid dienone is 4. The summed E-state index contributed by atoms with van der Waals surface area (Å²) in [6, 6.07) is 0. The average molecular weight is 286 g/mol. The quantitative estimate of drug-likeness (QED) is 0.334. The van der Waals surface area contributed by atoms with E-state index in [0.717, 1.165) is 0 Å². The van der Waals surface area contributed by atoms with Crippen molar-refractivity contribution in [3.63, 3.8) is 0 Å². The van der Waals surface area contributed by atoms with Crippen LogP contribution in [0.2, 0.25) is 0 Å². The summed E-state index contributed by atoms with van der Waals surface area (Å²) >= 11 is 0. The van der Waals surface area contributed by atoms with Gasteiger partial charge < -0.3 is 9.84 Å². The van der Waals surface area contributed by atoms with Crippen molar-refractivity contribution >= 4 is 0 Å². The molecular formula is C17H27NaO2. The first-order valence-electron chi connectivity index (χ1n) is 6.73. The van der Waals surface area contributed by atoms with Gasteiger partial charge in [-0.25, -0.2) is 0 Å². The first kappa shape index (κ1) is 21.9. The van der Waals surface area contributed by atoms with Gasteiger partial charge in [0.15, 0.2) is 0 Å². The minimum absolute atomic E-state index is 0. The van der Waals surface area contributed by atoms with Crippen LogP contribution in [0.1, 0.15) is 48.5 Å². The van der Waals surface area contributed by atoms with Gasteiger partial charge in [0.2, 0.25) is 0 Å². The van der Waals surface area contributed by atoms with Crippen LogP contribution < -0.4 is 34.7 Å². The maximum Gasteiger partial charge on any atom is 1.00 e. The summed E-state index contributed by atoms with van der Waals surface area (Å²) < 4.78 is 4.79. The molecule has 0 rings (SSSR count). The SMILES string of the molecule is CCO/C([O-])=C/C=C/C=C=C(C(C)(C)C)C(C)(C)C.[Na+]. The Balaban J connectivity index is 0. The zero-order valence-corrected chi connectivity index (χ0v) is 16.3. The van der Waals surface area contributed by atoms with Crippen molar-refractivity contribution in [1.82, 2.24) is 0 Å². The van der Waals surface area contributed by atoms with Crippen LogP contribution in [0.15, 0.2) is 41.6 Å². The summed E-state index contributed by atoms with van der Waals surface area (Å²) in [5.41, 5.74) is 4.74. The van der Waals surface area contributed by atoms with Crippen molar-refractivity contribution in [3.05, 3.63) is 41.6 Å². The molecule has 20 heavy (non-hydrogen) atoms. The zero-order chi connectivity index (χ0) is 15.1. The monoisotopic (exact) mass is 286 g/mol. The van der Waals surface area contributed by atoms with E-state index in [0.29, 0.717) is 6.61 Å². The molecule has 0 aliphatic carbocycles. The number of rotatable bonds is 4. The minimum Gasteiger partial charge on any atom is -0.614 e. The molecule has 0 aromatic carbocycles. The predicted octanol–water partition coefficient (Wildman–Crippen LogP) is 0.959. The predicted molar refractivity (Wildman–Crippen MR) is 79.4 cm³/mol. The Morgan fingerprint density at radius 1 is 1.05 bits per heavy atom. The van der Waals surface area contributed by atoms with Gasteiger partial charge in [-0.2, -0.15) is 0 Å². The molecule has 108 valence electrons. The average Bonchev–Trinajstić information content (AvgIpc) is 2.19. The van der Waals surface area contributed by atoms with Crippen LogP contribution in [0.25, 0.3) is 0 Å². The molecule has 0 unspecified atom stereocenters. The molecule has 0 saturated heterocycles. The second-order valence-corrected chi connectivity index (χ2v) is 6.49. The fourth-order valence-electron chi connectivity index (χ4n) is 2.07. The number of hydrogen-bond acceptors (Lipinski definition) is 2. The summed E-state index contributed by atoms with van der Waals surface area (Å²) in [5, 5.41) is 11.1. The summed E-state index contributed by atoms with van der Waals surface area (Å²) in [6.07, 6.45) is 6.74. The third-order valence-corrected chi connectivity index (χ3v) is 2.45. The van der Waals surface area contributed by atoms with Crippen molar-refractivity contribution in [2.24, 2.45) is 10.8 Å². The molecule has 0 aliphatic rings. The number of ether oxygens (including phenoxy) is 1. The molecule has 2 nitrogen and oxygen atoms in total. The Labute approximate surface area is 146 Å². The maximum atomic E-state index is 11.1. The van der Waals surface area contributed by atoms with Gasteiger partial charge in [0.1, 0.15) is 0 Å². The van der Waals surface area contributed by atoms with Gasteiger partial charge in [0, 0.05) is 0 Å². The van der Waals surface area contributed by atoms with Crippen molar-refractivity contribution in [1.29, 1.82) is 0 Å². The molecule has 0 fully saturated rings. The summed E-state index contributed by atoms with van der Waals surface area (Å²) in [5.74, 6) is -0.317. The molecule has 0 radical (unpaired) electrons. The molecule has 0 bridgehead atoms. The first-order valence-corrected chi connectivity index (χ1v) is 6.73. The third kappa shape index (κ3) is 9.50. The molecule has 0 atom stereocenters. The number of hydrogen-bond donors (Lipinski definition) is 0. The summed E-state index contributed by atoms with van der Waals surface area (Å²) in [7, 11) is 0. The van der Waals surface area contributed by atoms with E-state index in [1.165, 1.54) is 11.6 Å². The van der Waals surface area contributed by atoms with Gasteiger partial charge in [-0.1, -0.05) is 60.6 Å². The van der Waals surface area contributed by atoms with E-state index in [4.69, 9.17) is 4.74 Å². The fourth-order valence-corrected chi connectivity index (χ4v) is 2.07. The van der Waals surface area contributed by atoms with Crippen molar-refractivity contribution < 1.29 is 39.4 Å². The van der Waals surface area contributed by atoms with Crippen LogP contribution in [-0.4, -0.2) is 6.61 Å². The normalized spacial score (nSPS) is 12.7. The van der Waals surface area contributed by atoms with E-state index in [2.05, 4.69) is 47.3 Å². The fraction of sp³-hybridized carbons (Fsp3) is 0.588. The molecule has 0 saturated carbocycles. The molecule has 0 aliphatic heterocycles. The Kier molecular flexibility index (Phi) is 10.4. The van der Waals surface area contributed by atoms with Crippen molar-refractivity contribution in [2.45, 2.75) is 48.5 Å². The second-order valence-electron chi connectivity index (χ2n) is 6.49. The van der Waals surface area contributed by atoms with Gasteiger partial charge in [-0.05, 0) is 35.2 Å². The molecule has 0 aromatic rings. The van der Waals surface area contributed by atoms with Crippen molar-refractivity contribution in [2.75, 3.05) is 6.61 Å². The molecule has 3 heteroatoms. The Morgan fingerprint density at radius 3 is 1.95 bits per heavy atom. The minimum atomic E-state index is -0.317. The van der Waals surface area contributed by atoms with Crippen molar-refractivity contribution in [3.8, 4) is 0 Å². The first-order chi connectivity index (χ1) is 8.59. The van der Waals surface area contributed by atoms with E-state index < -0.39 is 0 Å². The maximum absolute atomic E-state index is 11.1. The Morgan fingerprint density at radius 2 is 1.55 bits per heavy atom. The van der Waals surface area contributed by atoms with Crippen LogP contribution in [0.5, 0.6) is 0 Å². The zero-order valence-electron chi connectivity index (χ0n) is 14.3. The van der Waals surface area contributed by atoms with Gasteiger partial charge in [0.25, 0.3) is 0 Å². The van der Waals surface area contributed by atoms with Crippen LogP contribution in [-0.2, 0) is 4.74 Å². The molecule has 0 heterocycles. The molecule has 0 spiro atoms. The second kappa shape index (κ2) is 9.52. The molecular weight excluding hydrogens is 259 g/mol. The van der Waals surface area contributed by atoms with Crippen LogP contribution in [0, 0.1) is 10.8 Å². The summed E-state index contributed by atoms with van der Waals surface area (Å²) in [6.45, 7) is 15.3. The Bertz CT molecular complexity index is 382. The Hall–Kier alpha value is -0.400. The van der Waals surface area contributed by atoms with Gasteiger partial charge in [-0.3, -0.25) is 0 Å². The standard InChI is InChI=1S/C17H28O2.Na/c1-8-19-15(18)13-11-9-10-12-14(16(2,3)4)17(5,6)7;/h9-11,13,18H,8H2,1-7H3;/q;+1/p-1/b11-9+,15-13+;. The largest absolute Gasteiger partial charge is 1.00 e. The third-order valence-electron chi connectivity index (χ3n) is 2.45. The summed E-state index contributed by atoms with van der Waals surface area (Å²) in [4.78, 5) is 0.